The lowest BCUT2D eigenvalue weighted by molar-refractivity contribution is 0.0600. The van der Waals surface area contributed by atoms with Gasteiger partial charge in [-0.1, -0.05) is 0 Å². The molecule has 2 fully saturated rings. The SMILES string of the molecule is COC(=O)c1ccc(OC[C@@H]2CC[C@H]3CN(c4ncccn4)CCN3C2)cc1. The molecule has 2 aliphatic rings. The van der Waals surface area contributed by atoms with Crippen molar-refractivity contribution in [1.82, 2.24) is 14.9 Å². The number of nitrogens with zero attached hydrogens (tertiary/aromatic N) is 4. The van der Waals surface area contributed by atoms with E-state index in [1.54, 1.807) is 24.5 Å². The Morgan fingerprint density at radius 3 is 2.64 bits per heavy atom. The van der Waals surface area contributed by atoms with Crippen LogP contribution >= 0.6 is 0 Å². The minimum atomic E-state index is -0.329. The van der Waals surface area contributed by atoms with Crippen LogP contribution in [0.2, 0.25) is 0 Å². The van der Waals surface area contributed by atoms with Crippen molar-refractivity contribution >= 4 is 11.9 Å². The zero-order valence-electron chi connectivity index (χ0n) is 16.2. The Morgan fingerprint density at radius 1 is 1.11 bits per heavy atom. The second kappa shape index (κ2) is 8.56. The van der Waals surface area contributed by atoms with E-state index in [-0.39, 0.29) is 5.97 Å². The lowest BCUT2D eigenvalue weighted by Crippen LogP contribution is -2.57. The van der Waals surface area contributed by atoms with Gasteiger partial charge in [-0.2, -0.15) is 0 Å². The van der Waals surface area contributed by atoms with E-state index in [4.69, 9.17) is 9.47 Å². The lowest BCUT2D eigenvalue weighted by atomic mass is 9.91. The van der Waals surface area contributed by atoms with Crippen LogP contribution in [0.4, 0.5) is 5.95 Å². The molecule has 2 aromatic rings. The fourth-order valence-corrected chi connectivity index (χ4v) is 4.05. The third-order valence-corrected chi connectivity index (χ3v) is 5.60. The highest BCUT2D eigenvalue weighted by atomic mass is 16.5. The first-order valence-corrected chi connectivity index (χ1v) is 9.80. The Labute approximate surface area is 165 Å². The minimum absolute atomic E-state index is 0.329. The van der Waals surface area contributed by atoms with E-state index in [1.807, 2.05) is 18.2 Å². The lowest BCUT2D eigenvalue weighted by Gasteiger charge is -2.46. The first kappa shape index (κ1) is 18.7. The number of hydrogen-bond donors (Lipinski definition) is 0. The summed E-state index contributed by atoms with van der Waals surface area (Å²) in [7, 11) is 1.38. The van der Waals surface area contributed by atoms with Gasteiger partial charge in [-0.05, 0) is 43.2 Å². The topological polar surface area (TPSA) is 67.8 Å². The number of esters is 1. The molecule has 0 spiro atoms. The quantitative estimate of drug-likeness (QED) is 0.735. The molecular weight excluding hydrogens is 356 g/mol. The Kier molecular flexibility index (Phi) is 5.71. The average Bonchev–Trinajstić information content (AvgIpc) is 2.77. The van der Waals surface area contributed by atoms with Crippen molar-refractivity contribution in [3.8, 4) is 5.75 Å². The Hall–Kier alpha value is -2.67. The molecule has 1 aromatic carbocycles. The van der Waals surface area contributed by atoms with E-state index < -0.39 is 0 Å². The molecule has 0 radical (unpaired) electrons. The van der Waals surface area contributed by atoms with Gasteiger partial charge in [-0.25, -0.2) is 14.8 Å². The van der Waals surface area contributed by atoms with Crippen LogP contribution in [-0.2, 0) is 4.74 Å². The summed E-state index contributed by atoms with van der Waals surface area (Å²) in [6.45, 7) is 4.75. The maximum atomic E-state index is 11.5. The van der Waals surface area contributed by atoms with E-state index in [9.17, 15) is 4.79 Å². The highest BCUT2D eigenvalue weighted by Gasteiger charge is 2.33. The fraction of sp³-hybridized carbons (Fsp3) is 0.476. The summed E-state index contributed by atoms with van der Waals surface area (Å²) >= 11 is 0. The second-order valence-corrected chi connectivity index (χ2v) is 7.41. The molecule has 0 saturated carbocycles. The maximum absolute atomic E-state index is 11.5. The molecule has 2 aliphatic heterocycles. The molecule has 7 nitrogen and oxygen atoms in total. The number of carbonyl (C=O) groups excluding carboxylic acids is 1. The zero-order valence-corrected chi connectivity index (χ0v) is 16.2. The number of methoxy groups -OCH3 is 1. The van der Waals surface area contributed by atoms with Crippen molar-refractivity contribution in [2.45, 2.75) is 18.9 Å². The van der Waals surface area contributed by atoms with Gasteiger partial charge in [0.1, 0.15) is 5.75 Å². The van der Waals surface area contributed by atoms with Gasteiger partial charge in [0.15, 0.2) is 0 Å². The number of piperidine rings is 1. The van der Waals surface area contributed by atoms with Gasteiger partial charge in [0.25, 0.3) is 0 Å². The number of aromatic nitrogens is 2. The standard InChI is InChI=1S/C21H26N4O3/c1-27-20(26)17-4-7-19(8-5-17)28-15-16-3-6-18-14-25(12-11-24(18)13-16)21-22-9-2-10-23-21/h2,4-5,7-10,16,18H,3,6,11-15H2,1H3/t16-,18+/m1/s1. The molecule has 28 heavy (non-hydrogen) atoms. The molecule has 0 N–H and O–H groups in total. The van der Waals surface area contributed by atoms with Crippen molar-refractivity contribution in [2.24, 2.45) is 5.92 Å². The normalized spacial score (nSPS) is 22.4. The molecule has 0 unspecified atom stereocenters. The highest BCUT2D eigenvalue weighted by Crippen LogP contribution is 2.27. The third-order valence-electron chi connectivity index (χ3n) is 5.60. The van der Waals surface area contributed by atoms with Gasteiger partial charge >= 0.3 is 5.97 Å². The molecule has 0 amide bonds. The Bertz CT molecular complexity index is 784. The van der Waals surface area contributed by atoms with Crippen LogP contribution in [0.3, 0.4) is 0 Å². The number of benzene rings is 1. The van der Waals surface area contributed by atoms with Crippen LogP contribution < -0.4 is 9.64 Å². The molecular formula is C21H26N4O3. The largest absolute Gasteiger partial charge is 0.493 e. The van der Waals surface area contributed by atoms with Gasteiger partial charge in [-0.3, -0.25) is 4.90 Å². The van der Waals surface area contributed by atoms with Crippen molar-refractivity contribution in [1.29, 1.82) is 0 Å². The Balaban J connectivity index is 1.26. The predicted octanol–water partition coefficient (Wildman–Crippen LogP) is 2.24. The van der Waals surface area contributed by atoms with E-state index >= 15 is 0 Å². The van der Waals surface area contributed by atoms with Crippen molar-refractivity contribution < 1.29 is 14.3 Å². The monoisotopic (exact) mass is 382 g/mol. The molecule has 0 bridgehead atoms. The van der Waals surface area contributed by atoms with Crippen LogP contribution in [-0.4, -0.2) is 66.8 Å². The average molecular weight is 382 g/mol. The number of rotatable bonds is 5. The number of hydrogen-bond acceptors (Lipinski definition) is 7. The summed E-state index contributed by atoms with van der Waals surface area (Å²) in [4.78, 5) is 25.1. The van der Waals surface area contributed by atoms with Crippen molar-refractivity contribution in [3.05, 3.63) is 48.3 Å². The fourth-order valence-electron chi connectivity index (χ4n) is 4.05. The van der Waals surface area contributed by atoms with E-state index in [1.165, 1.54) is 13.5 Å². The minimum Gasteiger partial charge on any atom is -0.493 e. The summed E-state index contributed by atoms with van der Waals surface area (Å²) in [5.74, 6) is 1.82. The first-order valence-electron chi connectivity index (χ1n) is 9.80. The van der Waals surface area contributed by atoms with Gasteiger partial charge in [0.05, 0.1) is 19.3 Å². The van der Waals surface area contributed by atoms with Crippen LogP contribution in [0.15, 0.2) is 42.7 Å². The van der Waals surface area contributed by atoms with Gasteiger partial charge in [-0.15, -0.1) is 0 Å². The molecule has 2 atom stereocenters. The Morgan fingerprint density at radius 2 is 1.89 bits per heavy atom. The molecule has 2 saturated heterocycles. The third kappa shape index (κ3) is 4.25. The van der Waals surface area contributed by atoms with E-state index in [0.29, 0.717) is 24.1 Å². The molecule has 0 aliphatic carbocycles. The molecule has 148 valence electrons. The predicted molar refractivity (Wildman–Crippen MR) is 106 cm³/mol. The van der Waals surface area contributed by atoms with E-state index in [2.05, 4.69) is 19.8 Å². The van der Waals surface area contributed by atoms with Crippen LogP contribution in [0.5, 0.6) is 5.75 Å². The van der Waals surface area contributed by atoms with Crippen LogP contribution in [0, 0.1) is 5.92 Å². The summed E-state index contributed by atoms with van der Waals surface area (Å²) in [5, 5.41) is 0. The molecule has 4 rings (SSSR count). The molecule has 3 heterocycles. The smallest absolute Gasteiger partial charge is 0.337 e. The highest BCUT2D eigenvalue weighted by molar-refractivity contribution is 5.89. The zero-order chi connectivity index (χ0) is 19.3. The van der Waals surface area contributed by atoms with Crippen LogP contribution in [0.1, 0.15) is 23.2 Å². The van der Waals surface area contributed by atoms with Crippen molar-refractivity contribution in [3.63, 3.8) is 0 Å². The summed E-state index contributed by atoms with van der Waals surface area (Å²) in [5.41, 5.74) is 0.538. The maximum Gasteiger partial charge on any atom is 0.337 e. The van der Waals surface area contributed by atoms with Gasteiger partial charge in [0, 0.05) is 50.5 Å². The number of fused-ring (bicyclic) bond motifs is 1. The first-order chi connectivity index (χ1) is 13.7. The molecule has 7 heteroatoms. The van der Waals surface area contributed by atoms with Crippen LogP contribution in [0.25, 0.3) is 0 Å². The van der Waals surface area contributed by atoms with Crippen molar-refractivity contribution in [2.75, 3.05) is 44.8 Å². The number of anilines is 1. The number of piperazine rings is 1. The van der Waals surface area contributed by atoms with Gasteiger partial charge < -0.3 is 14.4 Å². The number of ether oxygens (including phenoxy) is 2. The van der Waals surface area contributed by atoms with Gasteiger partial charge in [0.2, 0.25) is 5.95 Å². The summed E-state index contributed by atoms with van der Waals surface area (Å²) in [6, 6.07) is 9.56. The number of carbonyl (C=O) groups is 1. The summed E-state index contributed by atoms with van der Waals surface area (Å²) in [6.07, 6.45) is 5.94. The van der Waals surface area contributed by atoms with E-state index in [0.717, 1.165) is 44.3 Å². The summed E-state index contributed by atoms with van der Waals surface area (Å²) < 4.78 is 10.7. The second-order valence-electron chi connectivity index (χ2n) is 7.41. The molecule has 1 aromatic heterocycles.